The lowest BCUT2D eigenvalue weighted by Crippen LogP contribution is -2.39. The van der Waals surface area contributed by atoms with Gasteiger partial charge in [-0.25, -0.2) is 4.98 Å². The van der Waals surface area contributed by atoms with E-state index in [0.717, 1.165) is 6.54 Å². The number of methoxy groups -OCH3 is 1. The largest absolute Gasteiger partial charge is 0.383 e. The van der Waals surface area contributed by atoms with Gasteiger partial charge < -0.3 is 10.1 Å². The molecule has 5 nitrogen and oxygen atoms in total. The van der Waals surface area contributed by atoms with Crippen LogP contribution in [0.25, 0.3) is 0 Å². The highest BCUT2D eigenvalue weighted by Crippen LogP contribution is 1.89. The molecule has 1 aromatic rings. The molecule has 0 aliphatic heterocycles. The Bertz CT molecular complexity index is 331. The highest BCUT2D eigenvalue weighted by molar-refractivity contribution is 4.83. The minimum absolute atomic E-state index is 0.0380. The first-order valence-electron chi connectivity index (χ1n) is 5.00. The molecule has 0 bridgehead atoms. The van der Waals surface area contributed by atoms with Crippen LogP contribution in [0.3, 0.4) is 0 Å². The third kappa shape index (κ3) is 3.81. The predicted molar refractivity (Wildman–Crippen MR) is 57.8 cm³/mol. The molecule has 0 fully saturated rings. The van der Waals surface area contributed by atoms with Gasteiger partial charge in [0, 0.05) is 32.0 Å². The van der Waals surface area contributed by atoms with Crippen molar-refractivity contribution in [3.8, 4) is 0 Å². The average molecular weight is 211 g/mol. The number of likely N-dealkylation sites (N-methyl/N-ethyl adjacent to an activating group) is 1. The van der Waals surface area contributed by atoms with Gasteiger partial charge in [0.15, 0.2) is 0 Å². The van der Waals surface area contributed by atoms with Gasteiger partial charge in [-0.15, -0.1) is 0 Å². The van der Waals surface area contributed by atoms with E-state index in [2.05, 4.69) is 10.3 Å². The lowest BCUT2D eigenvalue weighted by atomic mass is 10.3. The van der Waals surface area contributed by atoms with E-state index in [9.17, 15) is 4.79 Å². The number of nitrogens with zero attached hydrogens (tertiary/aromatic N) is 2. The SMILES string of the molecule is CCNC(COC)Cn1cnccc1=O. The van der Waals surface area contributed by atoms with Crippen LogP contribution in [0.2, 0.25) is 0 Å². The second-order valence-corrected chi connectivity index (χ2v) is 3.28. The monoisotopic (exact) mass is 211 g/mol. The van der Waals surface area contributed by atoms with E-state index in [1.54, 1.807) is 18.0 Å². The molecule has 1 heterocycles. The third-order valence-electron chi connectivity index (χ3n) is 2.07. The van der Waals surface area contributed by atoms with Crippen molar-refractivity contribution in [2.24, 2.45) is 0 Å². The second-order valence-electron chi connectivity index (χ2n) is 3.28. The van der Waals surface area contributed by atoms with Crippen LogP contribution in [-0.2, 0) is 11.3 Å². The molecular weight excluding hydrogens is 194 g/mol. The van der Waals surface area contributed by atoms with Gasteiger partial charge in [-0.1, -0.05) is 6.92 Å². The number of hydrogen-bond donors (Lipinski definition) is 1. The Balaban J connectivity index is 2.65. The number of ether oxygens (including phenoxy) is 1. The van der Waals surface area contributed by atoms with E-state index in [1.807, 2.05) is 6.92 Å². The highest BCUT2D eigenvalue weighted by atomic mass is 16.5. The highest BCUT2D eigenvalue weighted by Gasteiger charge is 2.08. The van der Waals surface area contributed by atoms with Crippen LogP contribution < -0.4 is 10.9 Å². The zero-order valence-corrected chi connectivity index (χ0v) is 9.14. The maximum Gasteiger partial charge on any atom is 0.253 e. The fraction of sp³-hybridized carbons (Fsp3) is 0.600. The molecule has 1 rings (SSSR count). The fourth-order valence-electron chi connectivity index (χ4n) is 1.42. The molecule has 0 aliphatic rings. The van der Waals surface area contributed by atoms with Crippen LogP contribution in [0.15, 0.2) is 23.4 Å². The summed E-state index contributed by atoms with van der Waals surface area (Å²) in [6, 6.07) is 1.59. The molecule has 0 aromatic carbocycles. The van der Waals surface area contributed by atoms with Crippen molar-refractivity contribution < 1.29 is 4.74 Å². The summed E-state index contributed by atoms with van der Waals surface area (Å²) in [5.74, 6) is 0. The molecule has 5 heteroatoms. The standard InChI is InChI=1S/C10H17N3O2/c1-3-12-9(7-15-2)6-13-8-11-5-4-10(13)14/h4-5,8-9,12H,3,6-7H2,1-2H3. The molecular formula is C10H17N3O2. The van der Waals surface area contributed by atoms with Gasteiger partial charge in [0.2, 0.25) is 0 Å². The summed E-state index contributed by atoms with van der Waals surface area (Å²) in [6.45, 7) is 4.03. The van der Waals surface area contributed by atoms with Crippen LogP contribution in [-0.4, -0.2) is 35.9 Å². The molecule has 0 aliphatic carbocycles. The first kappa shape index (κ1) is 11.9. The molecule has 1 atom stereocenters. The maximum absolute atomic E-state index is 11.4. The van der Waals surface area contributed by atoms with Crippen LogP contribution in [0.1, 0.15) is 6.92 Å². The summed E-state index contributed by atoms with van der Waals surface area (Å²) in [4.78, 5) is 15.3. The Morgan fingerprint density at radius 3 is 3.07 bits per heavy atom. The van der Waals surface area contributed by atoms with Crippen LogP contribution in [0, 0.1) is 0 Å². The van der Waals surface area contributed by atoms with E-state index in [1.165, 1.54) is 12.3 Å². The predicted octanol–water partition coefficient (Wildman–Crippen LogP) is -0.132. The van der Waals surface area contributed by atoms with Crippen molar-refractivity contribution in [3.63, 3.8) is 0 Å². The molecule has 1 N–H and O–H groups in total. The molecule has 0 saturated carbocycles. The molecule has 0 radical (unpaired) electrons. The zero-order valence-electron chi connectivity index (χ0n) is 9.14. The van der Waals surface area contributed by atoms with Crippen molar-refractivity contribution in [2.75, 3.05) is 20.3 Å². The molecule has 0 amide bonds. The normalized spacial score (nSPS) is 12.7. The molecule has 1 unspecified atom stereocenters. The molecule has 1 aromatic heterocycles. The Morgan fingerprint density at radius 1 is 1.67 bits per heavy atom. The van der Waals surface area contributed by atoms with Crippen LogP contribution >= 0.6 is 0 Å². The Labute approximate surface area is 89.1 Å². The van der Waals surface area contributed by atoms with E-state index in [4.69, 9.17) is 4.74 Å². The van der Waals surface area contributed by atoms with Crippen LogP contribution in [0.4, 0.5) is 0 Å². The van der Waals surface area contributed by atoms with Crippen molar-refractivity contribution in [1.82, 2.24) is 14.9 Å². The van der Waals surface area contributed by atoms with Crippen molar-refractivity contribution in [1.29, 1.82) is 0 Å². The average Bonchev–Trinajstić information content (AvgIpc) is 2.22. The minimum atomic E-state index is -0.0380. The first-order chi connectivity index (χ1) is 7.27. The second kappa shape index (κ2) is 6.31. The number of nitrogens with one attached hydrogen (secondary N) is 1. The minimum Gasteiger partial charge on any atom is -0.383 e. The van der Waals surface area contributed by atoms with Crippen LogP contribution in [0.5, 0.6) is 0 Å². The Hall–Kier alpha value is -1.20. The third-order valence-corrected chi connectivity index (χ3v) is 2.07. The topological polar surface area (TPSA) is 56.1 Å². The summed E-state index contributed by atoms with van der Waals surface area (Å²) in [5.41, 5.74) is -0.0380. The summed E-state index contributed by atoms with van der Waals surface area (Å²) >= 11 is 0. The Kier molecular flexibility index (Phi) is 5.00. The lowest BCUT2D eigenvalue weighted by molar-refractivity contribution is 0.159. The lowest BCUT2D eigenvalue weighted by Gasteiger charge is -2.17. The number of rotatable bonds is 6. The van der Waals surface area contributed by atoms with Gasteiger partial charge in [0.1, 0.15) is 0 Å². The first-order valence-corrected chi connectivity index (χ1v) is 5.00. The van der Waals surface area contributed by atoms with E-state index < -0.39 is 0 Å². The van der Waals surface area contributed by atoms with Gasteiger partial charge in [-0.05, 0) is 6.54 Å². The summed E-state index contributed by atoms with van der Waals surface area (Å²) in [7, 11) is 1.65. The number of hydrogen-bond acceptors (Lipinski definition) is 4. The summed E-state index contributed by atoms with van der Waals surface area (Å²) < 4.78 is 6.65. The van der Waals surface area contributed by atoms with Gasteiger partial charge in [-0.2, -0.15) is 0 Å². The molecule has 15 heavy (non-hydrogen) atoms. The van der Waals surface area contributed by atoms with Gasteiger partial charge in [-0.3, -0.25) is 9.36 Å². The van der Waals surface area contributed by atoms with E-state index in [0.29, 0.717) is 13.2 Å². The van der Waals surface area contributed by atoms with E-state index in [-0.39, 0.29) is 11.6 Å². The quantitative estimate of drug-likeness (QED) is 0.712. The van der Waals surface area contributed by atoms with Crippen molar-refractivity contribution in [3.05, 3.63) is 28.9 Å². The van der Waals surface area contributed by atoms with Gasteiger partial charge in [0.25, 0.3) is 5.56 Å². The summed E-state index contributed by atoms with van der Waals surface area (Å²) in [6.07, 6.45) is 3.04. The number of aromatic nitrogens is 2. The Morgan fingerprint density at radius 2 is 2.47 bits per heavy atom. The molecule has 84 valence electrons. The summed E-state index contributed by atoms with van der Waals surface area (Å²) in [5, 5.41) is 3.25. The molecule has 0 saturated heterocycles. The maximum atomic E-state index is 11.4. The van der Waals surface area contributed by atoms with Gasteiger partial charge >= 0.3 is 0 Å². The fourth-order valence-corrected chi connectivity index (χ4v) is 1.42. The smallest absolute Gasteiger partial charge is 0.253 e. The van der Waals surface area contributed by atoms with Crippen molar-refractivity contribution in [2.45, 2.75) is 19.5 Å². The zero-order chi connectivity index (χ0) is 11.1. The van der Waals surface area contributed by atoms with Crippen molar-refractivity contribution >= 4 is 0 Å². The van der Waals surface area contributed by atoms with Gasteiger partial charge in [0.05, 0.1) is 12.9 Å². The van der Waals surface area contributed by atoms with E-state index >= 15 is 0 Å². The molecule has 0 spiro atoms.